The molecule has 3 nitrogen and oxygen atoms in total. The standard InChI is InChI=1S/C22H25NO2/c1-17(18-9-4-3-5-10-18)23-15-14-20(22-13-8-16-25-22)19-11-6-7-12-21(19)24-2/h3-13,16-17,20,23H,14-15H2,1-2H3. The molecule has 25 heavy (non-hydrogen) atoms. The lowest BCUT2D eigenvalue weighted by atomic mass is 9.92. The molecule has 1 heterocycles. The van der Waals surface area contributed by atoms with Crippen molar-refractivity contribution in [3.8, 4) is 5.75 Å². The highest BCUT2D eigenvalue weighted by Gasteiger charge is 2.20. The van der Waals surface area contributed by atoms with E-state index in [4.69, 9.17) is 9.15 Å². The number of benzene rings is 2. The normalized spacial score (nSPS) is 13.4. The highest BCUT2D eigenvalue weighted by atomic mass is 16.5. The van der Waals surface area contributed by atoms with E-state index in [0.29, 0.717) is 6.04 Å². The summed E-state index contributed by atoms with van der Waals surface area (Å²) in [7, 11) is 1.72. The van der Waals surface area contributed by atoms with Gasteiger partial charge in [0.2, 0.25) is 0 Å². The van der Waals surface area contributed by atoms with Gasteiger partial charge in [0.1, 0.15) is 11.5 Å². The van der Waals surface area contributed by atoms with Crippen LogP contribution in [0, 0.1) is 0 Å². The van der Waals surface area contributed by atoms with Crippen molar-refractivity contribution in [3.63, 3.8) is 0 Å². The molecule has 3 rings (SSSR count). The quantitative estimate of drug-likeness (QED) is 0.617. The van der Waals surface area contributed by atoms with Gasteiger partial charge in [-0.3, -0.25) is 0 Å². The molecule has 0 saturated carbocycles. The Morgan fingerprint density at radius 1 is 0.960 bits per heavy atom. The Labute approximate surface area is 149 Å². The summed E-state index contributed by atoms with van der Waals surface area (Å²) in [6, 6.07) is 23.0. The van der Waals surface area contributed by atoms with E-state index in [1.165, 1.54) is 5.56 Å². The first-order chi connectivity index (χ1) is 12.3. The number of hydrogen-bond donors (Lipinski definition) is 1. The molecule has 1 aromatic heterocycles. The van der Waals surface area contributed by atoms with Gasteiger partial charge in [-0.2, -0.15) is 0 Å². The van der Waals surface area contributed by atoms with Crippen molar-refractivity contribution < 1.29 is 9.15 Å². The summed E-state index contributed by atoms with van der Waals surface area (Å²) in [5, 5.41) is 3.62. The molecule has 0 spiro atoms. The minimum Gasteiger partial charge on any atom is -0.496 e. The van der Waals surface area contributed by atoms with Crippen LogP contribution in [-0.2, 0) is 0 Å². The van der Waals surface area contributed by atoms with E-state index >= 15 is 0 Å². The lowest BCUT2D eigenvalue weighted by molar-refractivity contribution is 0.397. The fourth-order valence-electron chi connectivity index (χ4n) is 3.20. The maximum atomic E-state index is 5.71. The van der Waals surface area contributed by atoms with Gasteiger partial charge in [0.15, 0.2) is 0 Å². The predicted molar refractivity (Wildman–Crippen MR) is 101 cm³/mol. The van der Waals surface area contributed by atoms with Crippen LogP contribution in [0.4, 0.5) is 0 Å². The van der Waals surface area contributed by atoms with Gasteiger partial charge in [0.05, 0.1) is 13.4 Å². The topological polar surface area (TPSA) is 34.4 Å². The Kier molecular flexibility index (Phi) is 5.91. The molecule has 2 unspecified atom stereocenters. The van der Waals surface area contributed by atoms with Crippen molar-refractivity contribution in [1.29, 1.82) is 0 Å². The van der Waals surface area contributed by atoms with Crippen LogP contribution in [0.3, 0.4) is 0 Å². The molecule has 0 saturated heterocycles. The van der Waals surface area contributed by atoms with E-state index < -0.39 is 0 Å². The number of para-hydroxylation sites is 1. The van der Waals surface area contributed by atoms with E-state index in [-0.39, 0.29) is 5.92 Å². The summed E-state index contributed by atoms with van der Waals surface area (Å²) in [5.41, 5.74) is 2.46. The summed E-state index contributed by atoms with van der Waals surface area (Å²) in [6.45, 7) is 3.08. The number of ether oxygens (including phenoxy) is 1. The fraction of sp³-hybridized carbons (Fsp3) is 0.273. The zero-order valence-corrected chi connectivity index (χ0v) is 14.8. The Morgan fingerprint density at radius 3 is 2.44 bits per heavy atom. The van der Waals surface area contributed by atoms with E-state index in [2.05, 4.69) is 42.6 Å². The zero-order chi connectivity index (χ0) is 17.5. The van der Waals surface area contributed by atoms with E-state index in [1.54, 1.807) is 13.4 Å². The molecular weight excluding hydrogens is 310 g/mol. The Bertz CT molecular complexity index is 753. The van der Waals surface area contributed by atoms with Gasteiger partial charge in [0.25, 0.3) is 0 Å². The largest absolute Gasteiger partial charge is 0.496 e. The van der Waals surface area contributed by atoms with Gasteiger partial charge in [-0.15, -0.1) is 0 Å². The first-order valence-corrected chi connectivity index (χ1v) is 8.74. The average molecular weight is 335 g/mol. The first kappa shape index (κ1) is 17.3. The van der Waals surface area contributed by atoms with Gasteiger partial charge in [-0.1, -0.05) is 48.5 Å². The average Bonchev–Trinajstić information content (AvgIpc) is 3.20. The summed E-state index contributed by atoms with van der Waals surface area (Å²) in [5.74, 6) is 2.04. The summed E-state index contributed by atoms with van der Waals surface area (Å²) >= 11 is 0. The molecule has 0 radical (unpaired) electrons. The zero-order valence-electron chi connectivity index (χ0n) is 14.8. The van der Waals surface area contributed by atoms with Crippen molar-refractivity contribution in [1.82, 2.24) is 5.32 Å². The second-order valence-electron chi connectivity index (χ2n) is 6.19. The van der Waals surface area contributed by atoms with Gasteiger partial charge in [0, 0.05) is 17.5 Å². The van der Waals surface area contributed by atoms with Crippen LogP contribution in [0.1, 0.15) is 42.2 Å². The molecule has 0 amide bonds. The van der Waals surface area contributed by atoms with E-state index in [9.17, 15) is 0 Å². The molecule has 2 atom stereocenters. The monoisotopic (exact) mass is 335 g/mol. The van der Waals surface area contributed by atoms with Crippen LogP contribution in [-0.4, -0.2) is 13.7 Å². The van der Waals surface area contributed by atoms with Crippen molar-refractivity contribution in [2.75, 3.05) is 13.7 Å². The van der Waals surface area contributed by atoms with Crippen molar-refractivity contribution in [3.05, 3.63) is 89.9 Å². The molecule has 2 aromatic carbocycles. The third-order valence-corrected chi connectivity index (χ3v) is 4.58. The number of furan rings is 1. The molecule has 130 valence electrons. The number of hydrogen-bond acceptors (Lipinski definition) is 3. The first-order valence-electron chi connectivity index (χ1n) is 8.74. The molecule has 0 aliphatic heterocycles. The maximum absolute atomic E-state index is 5.71. The maximum Gasteiger partial charge on any atom is 0.122 e. The van der Waals surface area contributed by atoms with Crippen molar-refractivity contribution in [2.24, 2.45) is 0 Å². The van der Waals surface area contributed by atoms with Crippen molar-refractivity contribution in [2.45, 2.75) is 25.3 Å². The SMILES string of the molecule is COc1ccccc1C(CCNC(C)c1ccccc1)c1ccco1. The summed E-state index contributed by atoms with van der Waals surface area (Å²) in [6.07, 6.45) is 2.67. The molecule has 0 aliphatic rings. The van der Waals surface area contributed by atoms with Crippen LogP contribution in [0.5, 0.6) is 5.75 Å². The second-order valence-corrected chi connectivity index (χ2v) is 6.19. The number of methoxy groups -OCH3 is 1. The third kappa shape index (κ3) is 4.31. The molecule has 0 aliphatic carbocycles. The molecule has 3 heteroatoms. The summed E-state index contributed by atoms with van der Waals surface area (Å²) in [4.78, 5) is 0. The Morgan fingerprint density at radius 2 is 1.72 bits per heavy atom. The molecular formula is C22H25NO2. The molecule has 0 bridgehead atoms. The lowest BCUT2D eigenvalue weighted by Gasteiger charge is -2.20. The van der Waals surface area contributed by atoms with Crippen LogP contribution < -0.4 is 10.1 Å². The van der Waals surface area contributed by atoms with Gasteiger partial charge >= 0.3 is 0 Å². The van der Waals surface area contributed by atoms with Crippen molar-refractivity contribution >= 4 is 0 Å². The van der Waals surface area contributed by atoms with E-state index in [1.807, 2.05) is 36.4 Å². The number of nitrogens with one attached hydrogen (secondary N) is 1. The van der Waals surface area contributed by atoms with Crippen LogP contribution in [0.25, 0.3) is 0 Å². The molecule has 1 N–H and O–H groups in total. The van der Waals surface area contributed by atoms with Crippen LogP contribution >= 0.6 is 0 Å². The fourth-order valence-corrected chi connectivity index (χ4v) is 3.20. The Hall–Kier alpha value is -2.52. The smallest absolute Gasteiger partial charge is 0.122 e. The second kappa shape index (κ2) is 8.54. The Balaban J connectivity index is 1.71. The predicted octanol–water partition coefficient (Wildman–Crippen LogP) is 5.16. The molecule has 3 aromatic rings. The highest BCUT2D eigenvalue weighted by Crippen LogP contribution is 2.34. The third-order valence-electron chi connectivity index (χ3n) is 4.58. The number of rotatable bonds is 8. The van der Waals surface area contributed by atoms with Gasteiger partial charge in [-0.25, -0.2) is 0 Å². The lowest BCUT2D eigenvalue weighted by Crippen LogP contribution is -2.21. The van der Waals surface area contributed by atoms with Crippen LogP contribution in [0.15, 0.2) is 77.4 Å². The van der Waals surface area contributed by atoms with Gasteiger partial charge < -0.3 is 14.5 Å². The minimum absolute atomic E-state index is 0.168. The summed E-state index contributed by atoms with van der Waals surface area (Å²) < 4.78 is 11.3. The highest BCUT2D eigenvalue weighted by molar-refractivity contribution is 5.40. The van der Waals surface area contributed by atoms with E-state index in [0.717, 1.165) is 30.0 Å². The molecule has 0 fully saturated rings. The van der Waals surface area contributed by atoms with Crippen LogP contribution in [0.2, 0.25) is 0 Å². The minimum atomic E-state index is 0.168. The van der Waals surface area contributed by atoms with Gasteiger partial charge in [-0.05, 0) is 43.7 Å².